The van der Waals surface area contributed by atoms with Crippen LogP contribution < -0.4 is 4.74 Å². The molecule has 0 bridgehead atoms. The van der Waals surface area contributed by atoms with Crippen molar-refractivity contribution in [3.63, 3.8) is 0 Å². The zero-order valence-corrected chi connectivity index (χ0v) is 10.9. The largest absolute Gasteiger partial charge is 0.436 e. The average molecular weight is 308 g/mol. The number of aryl methyl sites for hydroxylation is 1. The van der Waals surface area contributed by atoms with Gasteiger partial charge in [0.2, 0.25) is 5.88 Å². The minimum atomic E-state index is -0.381. The van der Waals surface area contributed by atoms with Gasteiger partial charge >= 0.3 is 0 Å². The molecule has 90 valence electrons. The summed E-state index contributed by atoms with van der Waals surface area (Å²) in [6, 6.07) is 5.93. The monoisotopic (exact) mass is 307 g/mol. The van der Waals surface area contributed by atoms with Gasteiger partial charge in [0.25, 0.3) is 0 Å². The Bertz CT molecular complexity index is 640. The first kappa shape index (κ1) is 12.5. The van der Waals surface area contributed by atoms with E-state index in [1.807, 2.05) is 6.07 Å². The van der Waals surface area contributed by atoms with Gasteiger partial charge in [-0.2, -0.15) is 10.2 Å². The molecule has 0 radical (unpaired) electrons. The molecule has 0 N–H and O–H groups in total. The highest BCUT2D eigenvalue weighted by atomic mass is 79.9. The first-order valence-corrected chi connectivity index (χ1v) is 5.76. The van der Waals surface area contributed by atoms with Crippen LogP contribution in [0.3, 0.4) is 0 Å². The van der Waals surface area contributed by atoms with Gasteiger partial charge in [0.15, 0.2) is 0 Å². The summed E-state index contributed by atoms with van der Waals surface area (Å²) in [6.45, 7) is 1.69. The molecule has 0 unspecified atom stereocenters. The van der Waals surface area contributed by atoms with Crippen molar-refractivity contribution in [2.24, 2.45) is 0 Å². The van der Waals surface area contributed by atoms with Gasteiger partial charge in [0.1, 0.15) is 29.0 Å². The summed E-state index contributed by atoms with van der Waals surface area (Å²) in [4.78, 5) is 7.94. The molecule has 6 heteroatoms. The van der Waals surface area contributed by atoms with E-state index < -0.39 is 0 Å². The molecule has 0 amide bonds. The third-order valence-electron chi connectivity index (χ3n) is 2.10. The maximum Gasteiger partial charge on any atom is 0.240 e. The van der Waals surface area contributed by atoms with Gasteiger partial charge in [-0.1, -0.05) is 0 Å². The predicted octanol–water partition coefficient (Wildman–Crippen LogP) is 3.35. The first-order valence-electron chi connectivity index (χ1n) is 4.97. The molecule has 0 aliphatic rings. The molecule has 4 nitrogen and oxygen atoms in total. The van der Waals surface area contributed by atoms with Crippen LogP contribution >= 0.6 is 15.9 Å². The standard InChI is InChI=1S/C12H7BrFN3O/c1-7-16-6-8(5-15)12(17-7)18-11-3-2-9(14)4-10(11)13/h2-4,6H,1H3. The van der Waals surface area contributed by atoms with Crippen LogP contribution in [-0.2, 0) is 0 Å². The smallest absolute Gasteiger partial charge is 0.240 e. The van der Waals surface area contributed by atoms with E-state index >= 15 is 0 Å². The summed E-state index contributed by atoms with van der Waals surface area (Å²) >= 11 is 3.18. The molecule has 0 saturated heterocycles. The van der Waals surface area contributed by atoms with Gasteiger partial charge < -0.3 is 4.74 Å². The molecular weight excluding hydrogens is 301 g/mol. The predicted molar refractivity (Wildman–Crippen MR) is 65.7 cm³/mol. The number of aromatic nitrogens is 2. The lowest BCUT2D eigenvalue weighted by molar-refractivity contribution is 0.453. The van der Waals surface area contributed by atoms with Crippen LogP contribution in [0.2, 0.25) is 0 Å². The van der Waals surface area contributed by atoms with Crippen molar-refractivity contribution in [3.05, 3.63) is 46.1 Å². The first-order chi connectivity index (χ1) is 8.60. The van der Waals surface area contributed by atoms with Crippen LogP contribution in [0, 0.1) is 24.1 Å². The van der Waals surface area contributed by atoms with Gasteiger partial charge in [0.05, 0.1) is 10.7 Å². The van der Waals surface area contributed by atoms with E-state index in [0.717, 1.165) is 0 Å². The highest BCUT2D eigenvalue weighted by molar-refractivity contribution is 9.10. The van der Waals surface area contributed by atoms with Gasteiger partial charge in [-0.05, 0) is 41.1 Å². The Labute approximate surface area is 111 Å². The van der Waals surface area contributed by atoms with E-state index in [4.69, 9.17) is 10.00 Å². The van der Waals surface area contributed by atoms with Crippen LogP contribution in [0.1, 0.15) is 11.4 Å². The molecule has 2 aromatic rings. The zero-order chi connectivity index (χ0) is 13.1. The number of nitrogens with zero attached hydrogens (tertiary/aromatic N) is 3. The zero-order valence-electron chi connectivity index (χ0n) is 9.32. The van der Waals surface area contributed by atoms with Crippen molar-refractivity contribution in [1.82, 2.24) is 9.97 Å². The maximum absolute atomic E-state index is 12.9. The van der Waals surface area contributed by atoms with Crippen LogP contribution in [0.25, 0.3) is 0 Å². The van der Waals surface area contributed by atoms with Crippen LogP contribution in [0.5, 0.6) is 11.6 Å². The molecule has 0 spiro atoms. The molecule has 0 aliphatic heterocycles. The molecule has 1 heterocycles. The summed E-state index contributed by atoms with van der Waals surface area (Å²) in [7, 11) is 0. The summed E-state index contributed by atoms with van der Waals surface area (Å²) in [5, 5.41) is 8.92. The van der Waals surface area contributed by atoms with Gasteiger partial charge in [-0.15, -0.1) is 0 Å². The third kappa shape index (κ3) is 2.63. The SMILES string of the molecule is Cc1ncc(C#N)c(Oc2ccc(F)cc2Br)n1. The van der Waals surface area contributed by atoms with E-state index in [1.54, 1.807) is 6.92 Å². The van der Waals surface area contributed by atoms with Crippen molar-refractivity contribution in [2.45, 2.75) is 6.92 Å². The second-order valence-electron chi connectivity index (χ2n) is 3.42. The van der Waals surface area contributed by atoms with Crippen molar-refractivity contribution in [3.8, 4) is 17.7 Å². The van der Waals surface area contributed by atoms with Crippen LogP contribution in [0.4, 0.5) is 4.39 Å². The Balaban J connectivity index is 2.40. The lowest BCUT2D eigenvalue weighted by Gasteiger charge is -2.08. The Morgan fingerprint density at radius 1 is 1.44 bits per heavy atom. The summed E-state index contributed by atoms with van der Waals surface area (Å²) in [5.74, 6) is 0.638. The van der Waals surface area contributed by atoms with E-state index in [-0.39, 0.29) is 17.3 Å². The summed E-state index contributed by atoms with van der Waals surface area (Å²) in [6.07, 6.45) is 1.38. The van der Waals surface area contributed by atoms with E-state index in [0.29, 0.717) is 16.0 Å². The highest BCUT2D eigenvalue weighted by Gasteiger charge is 2.10. The van der Waals surface area contributed by atoms with Crippen molar-refractivity contribution in [1.29, 1.82) is 5.26 Å². The normalized spacial score (nSPS) is 9.89. The number of nitriles is 1. The molecule has 0 aliphatic carbocycles. The number of rotatable bonds is 2. The van der Waals surface area contributed by atoms with Gasteiger partial charge in [-0.25, -0.2) is 9.37 Å². The average Bonchev–Trinajstić information content (AvgIpc) is 2.33. The Hall–Kier alpha value is -2.00. The third-order valence-corrected chi connectivity index (χ3v) is 2.71. The molecular formula is C12H7BrFN3O. The maximum atomic E-state index is 12.9. The van der Waals surface area contributed by atoms with Crippen LogP contribution in [0.15, 0.2) is 28.9 Å². The molecule has 1 aromatic carbocycles. The second-order valence-corrected chi connectivity index (χ2v) is 4.28. The molecule has 0 saturated carbocycles. The molecule has 2 rings (SSSR count). The number of hydrogen-bond acceptors (Lipinski definition) is 4. The minimum Gasteiger partial charge on any atom is -0.436 e. The molecule has 18 heavy (non-hydrogen) atoms. The lowest BCUT2D eigenvalue weighted by Crippen LogP contribution is -1.97. The van der Waals surface area contributed by atoms with Crippen molar-refractivity contribution < 1.29 is 9.13 Å². The fourth-order valence-electron chi connectivity index (χ4n) is 1.27. The van der Waals surface area contributed by atoms with E-state index in [2.05, 4.69) is 25.9 Å². The number of hydrogen-bond donors (Lipinski definition) is 0. The van der Waals surface area contributed by atoms with Crippen LogP contribution in [-0.4, -0.2) is 9.97 Å². The van der Waals surface area contributed by atoms with Gasteiger partial charge in [-0.3, -0.25) is 0 Å². The molecule has 0 fully saturated rings. The van der Waals surface area contributed by atoms with Gasteiger partial charge in [0, 0.05) is 0 Å². The highest BCUT2D eigenvalue weighted by Crippen LogP contribution is 2.30. The Morgan fingerprint density at radius 3 is 2.89 bits per heavy atom. The topological polar surface area (TPSA) is 58.8 Å². The van der Waals surface area contributed by atoms with Crippen molar-refractivity contribution in [2.75, 3.05) is 0 Å². The minimum absolute atomic E-state index is 0.150. The second kappa shape index (κ2) is 5.10. The Kier molecular flexibility index (Phi) is 3.53. The van der Waals surface area contributed by atoms with E-state index in [1.165, 1.54) is 24.4 Å². The number of ether oxygens (including phenoxy) is 1. The number of benzene rings is 1. The van der Waals surface area contributed by atoms with Crippen molar-refractivity contribution >= 4 is 15.9 Å². The fourth-order valence-corrected chi connectivity index (χ4v) is 1.70. The molecule has 1 aromatic heterocycles. The van der Waals surface area contributed by atoms with E-state index in [9.17, 15) is 4.39 Å². The lowest BCUT2D eigenvalue weighted by atomic mass is 10.3. The number of halogens is 2. The summed E-state index contributed by atoms with van der Waals surface area (Å²) < 4.78 is 18.9. The molecule has 0 atom stereocenters. The quantitative estimate of drug-likeness (QED) is 0.853. The Morgan fingerprint density at radius 2 is 2.22 bits per heavy atom. The summed E-state index contributed by atoms with van der Waals surface area (Å²) in [5.41, 5.74) is 0.219. The fraction of sp³-hybridized carbons (Fsp3) is 0.0833.